The van der Waals surface area contributed by atoms with Crippen molar-refractivity contribution < 1.29 is 24.5 Å². The molecule has 0 saturated carbocycles. The minimum Gasteiger partial charge on any atom is -0.458 e. The van der Waals surface area contributed by atoms with Crippen LogP contribution >= 0.6 is 11.8 Å². The van der Waals surface area contributed by atoms with Crippen molar-refractivity contribution in [1.82, 2.24) is 10.2 Å². The van der Waals surface area contributed by atoms with Crippen molar-refractivity contribution in [3.05, 3.63) is 22.8 Å². The van der Waals surface area contributed by atoms with Gasteiger partial charge in [0, 0.05) is 49.0 Å². The van der Waals surface area contributed by atoms with Crippen LogP contribution in [0.2, 0.25) is 0 Å². The summed E-state index contributed by atoms with van der Waals surface area (Å²) in [7, 11) is 0. The van der Waals surface area contributed by atoms with Crippen LogP contribution in [0.1, 0.15) is 72.1 Å². The Morgan fingerprint density at radius 3 is 2.74 bits per heavy atom. The van der Waals surface area contributed by atoms with Gasteiger partial charge in [0.2, 0.25) is 0 Å². The molecule has 9 heteroatoms. The number of hydrogen-bond acceptors (Lipinski definition) is 9. The third-order valence-corrected chi connectivity index (χ3v) is 8.05. The highest BCUT2D eigenvalue weighted by atomic mass is 32.2. The Bertz CT molecular complexity index is 799. The van der Waals surface area contributed by atoms with E-state index in [1.165, 1.54) is 11.8 Å². The second kappa shape index (κ2) is 12.0. The summed E-state index contributed by atoms with van der Waals surface area (Å²) in [4.78, 5) is 27.9. The van der Waals surface area contributed by atoms with E-state index >= 15 is 0 Å². The summed E-state index contributed by atoms with van der Waals surface area (Å²) in [6, 6.07) is 0.575. The van der Waals surface area contributed by atoms with Gasteiger partial charge in [-0.2, -0.15) is 0 Å². The average molecular weight is 496 g/mol. The molecular formula is C25H41N3O5S. The van der Waals surface area contributed by atoms with Crippen LogP contribution in [0.5, 0.6) is 0 Å². The predicted molar refractivity (Wildman–Crippen MR) is 134 cm³/mol. The number of nitrogens with two attached hydrogens (primary N) is 1. The van der Waals surface area contributed by atoms with Crippen molar-refractivity contribution in [2.45, 2.75) is 102 Å². The van der Waals surface area contributed by atoms with Crippen LogP contribution < -0.4 is 11.1 Å². The molecule has 3 rings (SSSR count). The first kappa shape index (κ1) is 27.2. The number of ketones is 1. The van der Waals surface area contributed by atoms with Crippen molar-refractivity contribution in [1.29, 1.82) is 0 Å². The third kappa shape index (κ3) is 7.55. The SMILES string of the molecule is C/C(=C\C1=CSC(N)N1)C1CC2C(CCCCC(O)CC(=O)C(C)(C)CCC(=O)O1)N2CCO. The lowest BCUT2D eigenvalue weighted by Gasteiger charge is -2.25. The van der Waals surface area contributed by atoms with E-state index in [-0.39, 0.29) is 48.8 Å². The van der Waals surface area contributed by atoms with E-state index in [1.54, 1.807) is 0 Å². The van der Waals surface area contributed by atoms with E-state index in [2.05, 4.69) is 10.2 Å². The number of fused-ring (bicyclic) bond motifs is 1. The number of nitrogens with one attached hydrogen (secondary N) is 1. The molecule has 6 atom stereocenters. The Hall–Kier alpha value is -1.39. The molecule has 34 heavy (non-hydrogen) atoms. The Balaban J connectivity index is 1.76. The monoisotopic (exact) mass is 495 g/mol. The maximum absolute atomic E-state index is 12.8. The number of ether oxygens (including phenoxy) is 1. The van der Waals surface area contributed by atoms with Gasteiger partial charge in [0.15, 0.2) is 0 Å². The summed E-state index contributed by atoms with van der Waals surface area (Å²) < 4.78 is 5.97. The minimum absolute atomic E-state index is 0.0167. The molecule has 2 saturated heterocycles. The first-order valence-electron chi connectivity index (χ1n) is 12.4. The summed E-state index contributed by atoms with van der Waals surface area (Å²) in [6.45, 7) is 6.33. The summed E-state index contributed by atoms with van der Waals surface area (Å²) in [6.07, 6.45) is 5.64. The molecular weight excluding hydrogens is 454 g/mol. The van der Waals surface area contributed by atoms with Gasteiger partial charge in [-0.25, -0.2) is 0 Å². The summed E-state index contributed by atoms with van der Waals surface area (Å²) in [5.74, 6) is -0.339. The van der Waals surface area contributed by atoms with Crippen LogP contribution in [-0.2, 0) is 14.3 Å². The fourth-order valence-corrected chi connectivity index (χ4v) is 5.56. The number of carbonyl (C=O) groups excluding carboxylic acids is 2. The van der Waals surface area contributed by atoms with Gasteiger partial charge in [0.25, 0.3) is 0 Å². The number of esters is 1. The quantitative estimate of drug-likeness (QED) is 0.344. The van der Waals surface area contributed by atoms with E-state index in [0.29, 0.717) is 31.8 Å². The van der Waals surface area contributed by atoms with Crippen LogP contribution in [-0.4, -0.2) is 69.8 Å². The number of allylic oxidation sites excluding steroid dienone is 1. The van der Waals surface area contributed by atoms with Crippen LogP contribution in [0.3, 0.4) is 0 Å². The molecule has 8 nitrogen and oxygen atoms in total. The molecule has 6 unspecified atom stereocenters. The van der Waals surface area contributed by atoms with Gasteiger partial charge in [0.05, 0.1) is 12.7 Å². The van der Waals surface area contributed by atoms with Crippen molar-refractivity contribution >= 4 is 23.5 Å². The average Bonchev–Trinajstić information content (AvgIpc) is 3.23. The van der Waals surface area contributed by atoms with E-state index in [9.17, 15) is 19.8 Å². The molecule has 3 heterocycles. The van der Waals surface area contributed by atoms with Crippen molar-refractivity contribution in [2.24, 2.45) is 11.1 Å². The highest BCUT2D eigenvalue weighted by Gasteiger charge is 2.47. The van der Waals surface area contributed by atoms with E-state index in [1.807, 2.05) is 32.3 Å². The summed E-state index contributed by atoms with van der Waals surface area (Å²) in [5, 5.41) is 25.0. The highest BCUT2D eigenvalue weighted by Crippen LogP contribution is 2.38. The zero-order valence-electron chi connectivity index (χ0n) is 20.7. The van der Waals surface area contributed by atoms with Crippen LogP contribution in [0, 0.1) is 5.41 Å². The Labute approximate surface area is 207 Å². The number of thioether (sulfide) groups is 1. The van der Waals surface area contributed by atoms with Gasteiger partial charge in [-0.15, -0.1) is 0 Å². The number of cyclic esters (lactones) is 1. The Morgan fingerprint density at radius 1 is 1.32 bits per heavy atom. The topological polar surface area (TPSA) is 125 Å². The van der Waals surface area contributed by atoms with Gasteiger partial charge >= 0.3 is 5.97 Å². The number of β-amino-alcohol motifs (C(OH)–C–C–N with tert-alkyl or cyclic N) is 1. The van der Waals surface area contributed by atoms with Crippen molar-refractivity contribution in [3.63, 3.8) is 0 Å². The zero-order valence-corrected chi connectivity index (χ0v) is 21.5. The lowest BCUT2D eigenvalue weighted by molar-refractivity contribution is -0.148. The lowest BCUT2D eigenvalue weighted by Crippen LogP contribution is -2.30. The highest BCUT2D eigenvalue weighted by molar-refractivity contribution is 8.02. The molecule has 0 amide bonds. The largest absolute Gasteiger partial charge is 0.458 e. The molecule has 192 valence electrons. The molecule has 0 spiro atoms. The maximum Gasteiger partial charge on any atom is 0.306 e. The summed E-state index contributed by atoms with van der Waals surface area (Å²) in [5.41, 5.74) is 6.88. The number of aliphatic hydroxyl groups is 2. The Morgan fingerprint density at radius 2 is 2.06 bits per heavy atom. The molecule has 0 aromatic rings. The van der Waals surface area contributed by atoms with Gasteiger partial charge in [-0.05, 0) is 43.2 Å². The molecule has 2 fully saturated rings. The van der Waals surface area contributed by atoms with E-state index in [4.69, 9.17) is 10.5 Å². The molecule has 0 aromatic heterocycles. The molecule has 5 N–H and O–H groups in total. The molecule has 3 aliphatic rings. The van der Waals surface area contributed by atoms with Gasteiger partial charge < -0.3 is 26.0 Å². The smallest absolute Gasteiger partial charge is 0.306 e. The number of aliphatic hydroxyl groups excluding tert-OH is 2. The molecule has 0 radical (unpaired) electrons. The minimum atomic E-state index is -0.692. The number of rotatable bonds is 4. The fraction of sp³-hybridized carbons (Fsp3) is 0.760. The number of hydrogen-bond donors (Lipinski definition) is 4. The predicted octanol–water partition coefficient (Wildman–Crippen LogP) is 2.40. The van der Waals surface area contributed by atoms with Crippen LogP contribution in [0.15, 0.2) is 22.8 Å². The normalized spacial score (nSPS) is 35.7. The second-order valence-corrected chi connectivity index (χ2v) is 11.4. The van der Waals surface area contributed by atoms with Gasteiger partial charge in [-0.3, -0.25) is 14.5 Å². The van der Waals surface area contributed by atoms with Crippen LogP contribution in [0.4, 0.5) is 0 Å². The molecule has 0 aromatic carbocycles. The number of nitrogens with zero attached hydrogens (tertiary/aromatic N) is 1. The molecule has 0 bridgehead atoms. The lowest BCUT2D eigenvalue weighted by atomic mass is 9.80. The van der Waals surface area contributed by atoms with E-state index in [0.717, 1.165) is 30.5 Å². The van der Waals surface area contributed by atoms with Crippen LogP contribution in [0.25, 0.3) is 0 Å². The standard InChI is InChI=1S/C25H41N3O5S/c1-16(12-17-15-34-24(26)27-17)21-14-20-19(28(20)10-11-29)7-5-4-6-18(30)13-22(31)25(2,3)9-8-23(32)33-21/h12,15,18-21,24,27,29-30H,4-11,13-14,26H2,1-3H3/b16-12+. The third-order valence-electron chi connectivity index (χ3n) is 7.25. The first-order valence-corrected chi connectivity index (χ1v) is 13.4. The van der Waals surface area contributed by atoms with Gasteiger partial charge in [-0.1, -0.05) is 38.5 Å². The maximum atomic E-state index is 12.8. The van der Waals surface area contributed by atoms with Gasteiger partial charge in [0.1, 0.15) is 17.4 Å². The Kier molecular flexibility index (Phi) is 9.63. The molecule has 3 aliphatic heterocycles. The first-order chi connectivity index (χ1) is 16.1. The fourth-order valence-electron chi connectivity index (χ4n) is 4.93. The summed E-state index contributed by atoms with van der Waals surface area (Å²) >= 11 is 1.50. The number of Topliss-reactive ketones (excluding diaryl/α,β-unsaturated/α-hetero) is 1. The molecule has 0 aliphatic carbocycles. The van der Waals surface area contributed by atoms with Crippen molar-refractivity contribution in [3.8, 4) is 0 Å². The zero-order chi connectivity index (χ0) is 24.9. The second-order valence-electron chi connectivity index (χ2n) is 10.4. The number of carbonyl (C=O) groups is 2. The van der Waals surface area contributed by atoms with Crippen molar-refractivity contribution in [2.75, 3.05) is 13.2 Å². The van der Waals surface area contributed by atoms with E-state index < -0.39 is 11.5 Å².